The van der Waals surface area contributed by atoms with E-state index in [1.54, 1.807) is 13.3 Å². The molecule has 156 valence electrons. The average Bonchev–Trinajstić information content (AvgIpc) is 3.11. The monoisotopic (exact) mass is 429 g/mol. The maximum Gasteiger partial charge on any atom is 0.223 e. The molecule has 2 heterocycles. The SMILES string of the molecule is COc1ccc(-c2cnc(CCC(=O)N3CCC(N)C(C)(C)C3)o2)cc1.Cl.Cl. The normalized spacial score (nSPS) is 18.0. The molecule has 0 bridgehead atoms. The lowest BCUT2D eigenvalue weighted by atomic mass is 9.79. The summed E-state index contributed by atoms with van der Waals surface area (Å²) in [6.45, 7) is 5.67. The minimum atomic E-state index is -0.0433. The molecule has 1 aromatic heterocycles. The molecule has 8 heteroatoms. The van der Waals surface area contributed by atoms with Crippen LogP contribution in [-0.4, -0.2) is 42.0 Å². The number of halogens is 2. The summed E-state index contributed by atoms with van der Waals surface area (Å²) in [4.78, 5) is 18.7. The highest BCUT2D eigenvalue weighted by Crippen LogP contribution is 2.28. The molecule has 1 saturated heterocycles. The van der Waals surface area contributed by atoms with E-state index in [0.29, 0.717) is 31.0 Å². The Labute approximate surface area is 178 Å². The summed E-state index contributed by atoms with van der Waals surface area (Å²) in [5, 5.41) is 0. The fourth-order valence-electron chi connectivity index (χ4n) is 3.27. The summed E-state index contributed by atoms with van der Waals surface area (Å²) in [6, 6.07) is 7.75. The van der Waals surface area contributed by atoms with Crippen molar-refractivity contribution in [1.29, 1.82) is 0 Å². The lowest BCUT2D eigenvalue weighted by Gasteiger charge is -2.42. The standard InChI is InChI=1S/C20H27N3O3.2ClH/c1-20(2)13-23(11-10-17(20)21)19(24)9-8-18-22-12-16(26-18)14-4-6-15(25-3)7-5-14;;/h4-7,12,17H,8-11,13,21H2,1-3H3;2*1H. The molecule has 1 unspecified atom stereocenters. The van der Waals surface area contributed by atoms with E-state index >= 15 is 0 Å². The molecule has 0 saturated carbocycles. The molecule has 0 radical (unpaired) electrons. The molecule has 1 aromatic carbocycles. The van der Waals surface area contributed by atoms with Gasteiger partial charge in [-0.2, -0.15) is 0 Å². The summed E-state index contributed by atoms with van der Waals surface area (Å²) in [5.74, 6) is 2.20. The van der Waals surface area contributed by atoms with E-state index in [1.165, 1.54) is 0 Å². The van der Waals surface area contributed by atoms with Gasteiger partial charge in [0.05, 0.1) is 13.3 Å². The fraction of sp³-hybridized carbons (Fsp3) is 0.500. The van der Waals surface area contributed by atoms with Crippen molar-refractivity contribution in [3.05, 3.63) is 36.4 Å². The van der Waals surface area contributed by atoms with Crippen LogP contribution >= 0.6 is 24.8 Å². The van der Waals surface area contributed by atoms with Crippen LogP contribution in [0, 0.1) is 5.41 Å². The molecular formula is C20H29Cl2N3O3. The number of ether oxygens (including phenoxy) is 1. The minimum absolute atomic E-state index is 0. The van der Waals surface area contributed by atoms with Gasteiger partial charge in [-0.25, -0.2) is 4.98 Å². The van der Waals surface area contributed by atoms with Gasteiger partial charge in [0, 0.05) is 37.5 Å². The minimum Gasteiger partial charge on any atom is -0.497 e. The van der Waals surface area contributed by atoms with Gasteiger partial charge in [-0.1, -0.05) is 13.8 Å². The van der Waals surface area contributed by atoms with E-state index < -0.39 is 0 Å². The van der Waals surface area contributed by atoms with Crippen molar-refractivity contribution in [3.63, 3.8) is 0 Å². The highest BCUT2D eigenvalue weighted by Gasteiger charge is 2.35. The van der Waals surface area contributed by atoms with Crippen molar-refractivity contribution in [1.82, 2.24) is 9.88 Å². The van der Waals surface area contributed by atoms with Crippen molar-refractivity contribution in [2.75, 3.05) is 20.2 Å². The van der Waals surface area contributed by atoms with E-state index in [4.69, 9.17) is 14.9 Å². The van der Waals surface area contributed by atoms with E-state index in [0.717, 1.165) is 24.3 Å². The van der Waals surface area contributed by atoms with Gasteiger partial charge in [-0.15, -0.1) is 24.8 Å². The molecule has 2 aromatic rings. The molecule has 1 aliphatic rings. The van der Waals surface area contributed by atoms with E-state index in [1.807, 2.05) is 29.2 Å². The predicted octanol–water partition coefficient (Wildman–Crippen LogP) is 3.71. The lowest BCUT2D eigenvalue weighted by molar-refractivity contribution is -0.134. The van der Waals surface area contributed by atoms with Crippen molar-refractivity contribution in [2.24, 2.45) is 11.1 Å². The number of methoxy groups -OCH3 is 1. The van der Waals surface area contributed by atoms with Crippen LogP contribution in [0.1, 0.15) is 32.6 Å². The van der Waals surface area contributed by atoms with Gasteiger partial charge in [-0.3, -0.25) is 4.79 Å². The Hall–Kier alpha value is -1.76. The van der Waals surface area contributed by atoms with Crippen molar-refractivity contribution >= 4 is 30.7 Å². The number of rotatable bonds is 5. The molecule has 1 fully saturated rings. The third-order valence-electron chi connectivity index (χ3n) is 5.15. The van der Waals surface area contributed by atoms with Crippen molar-refractivity contribution in [3.8, 4) is 17.1 Å². The van der Waals surface area contributed by atoms with Crippen LogP contribution in [0.25, 0.3) is 11.3 Å². The van der Waals surface area contributed by atoms with Gasteiger partial charge in [0.15, 0.2) is 11.7 Å². The van der Waals surface area contributed by atoms with E-state index in [2.05, 4.69) is 18.8 Å². The lowest BCUT2D eigenvalue weighted by Crippen LogP contribution is -2.54. The highest BCUT2D eigenvalue weighted by molar-refractivity contribution is 5.85. The second-order valence-electron chi connectivity index (χ2n) is 7.55. The molecule has 0 aliphatic carbocycles. The zero-order chi connectivity index (χ0) is 18.7. The highest BCUT2D eigenvalue weighted by atomic mass is 35.5. The van der Waals surface area contributed by atoms with Crippen LogP contribution in [0.15, 0.2) is 34.9 Å². The first kappa shape index (κ1) is 24.3. The first-order valence-electron chi connectivity index (χ1n) is 9.01. The Balaban J connectivity index is 0.00000196. The molecule has 2 N–H and O–H groups in total. The summed E-state index contributed by atoms with van der Waals surface area (Å²) >= 11 is 0. The van der Waals surface area contributed by atoms with E-state index in [9.17, 15) is 4.79 Å². The Morgan fingerprint density at radius 1 is 1.32 bits per heavy atom. The number of aromatic nitrogens is 1. The third-order valence-corrected chi connectivity index (χ3v) is 5.15. The number of hydrogen-bond acceptors (Lipinski definition) is 5. The van der Waals surface area contributed by atoms with Crippen LogP contribution < -0.4 is 10.5 Å². The van der Waals surface area contributed by atoms with Crippen LogP contribution in [0.3, 0.4) is 0 Å². The topological polar surface area (TPSA) is 81.6 Å². The summed E-state index contributed by atoms with van der Waals surface area (Å²) in [7, 11) is 1.63. The van der Waals surface area contributed by atoms with Crippen molar-refractivity contribution in [2.45, 2.75) is 39.2 Å². The number of nitrogens with zero attached hydrogens (tertiary/aromatic N) is 2. The molecule has 0 spiro atoms. The predicted molar refractivity (Wildman–Crippen MR) is 114 cm³/mol. The Kier molecular flexibility index (Phi) is 8.79. The smallest absolute Gasteiger partial charge is 0.223 e. The number of aryl methyl sites for hydroxylation is 1. The Morgan fingerprint density at radius 3 is 2.61 bits per heavy atom. The Bertz CT molecular complexity index is 762. The fourth-order valence-corrected chi connectivity index (χ4v) is 3.27. The van der Waals surface area contributed by atoms with Gasteiger partial charge in [0.25, 0.3) is 0 Å². The largest absolute Gasteiger partial charge is 0.497 e. The van der Waals surface area contributed by atoms with Crippen LogP contribution in [0.5, 0.6) is 5.75 Å². The van der Waals surface area contributed by atoms with Gasteiger partial charge in [0.1, 0.15) is 5.75 Å². The number of carbonyl (C=O) groups is 1. The molecule has 1 amide bonds. The second-order valence-corrected chi connectivity index (χ2v) is 7.55. The number of hydrogen-bond donors (Lipinski definition) is 1. The van der Waals surface area contributed by atoms with Crippen LogP contribution in [-0.2, 0) is 11.2 Å². The maximum atomic E-state index is 12.5. The first-order chi connectivity index (χ1) is 12.4. The summed E-state index contributed by atoms with van der Waals surface area (Å²) in [6.07, 6.45) is 3.44. The van der Waals surface area contributed by atoms with Gasteiger partial charge in [0.2, 0.25) is 5.91 Å². The molecule has 1 aliphatic heterocycles. The first-order valence-corrected chi connectivity index (χ1v) is 9.01. The summed E-state index contributed by atoms with van der Waals surface area (Å²) < 4.78 is 11.0. The third kappa shape index (κ3) is 5.63. The zero-order valence-corrected chi connectivity index (χ0v) is 18.1. The van der Waals surface area contributed by atoms with E-state index in [-0.39, 0.29) is 42.2 Å². The van der Waals surface area contributed by atoms with Gasteiger partial charge < -0.3 is 19.8 Å². The Morgan fingerprint density at radius 2 is 2.00 bits per heavy atom. The van der Waals surface area contributed by atoms with Crippen LogP contribution in [0.4, 0.5) is 0 Å². The molecule has 6 nitrogen and oxygen atoms in total. The molecule has 3 rings (SSSR count). The maximum absolute atomic E-state index is 12.5. The molecule has 28 heavy (non-hydrogen) atoms. The second kappa shape index (κ2) is 10.1. The number of benzene rings is 1. The molecular weight excluding hydrogens is 401 g/mol. The zero-order valence-electron chi connectivity index (χ0n) is 16.5. The van der Waals surface area contributed by atoms with Gasteiger partial charge >= 0.3 is 0 Å². The average molecular weight is 430 g/mol. The number of piperidine rings is 1. The van der Waals surface area contributed by atoms with Crippen LogP contribution in [0.2, 0.25) is 0 Å². The number of nitrogens with two attached hydrogens (primary N) is 1. The van der Waals surface area contributed by atoms with Gasteiger partial charge in [-0.05, 0) is 36.1 Å². The molecule has 1 atom stereocenters. The number of oxazole rings is 1. The quantitative estimate of drug-likeness (QED) is 0.782. The number of carbonyl (C=O) groups excluding carboxylic acids is 1. The number of amides is 1. The number of likely N-dealkylation sites (tertiary alicyclic amines) is 1. The summed E-state index contributed by atoms with van der Waals surface area (Å²) in [5.41, 5.74) is 7.04. The van der Waals surface area contributed by atoms with Crippen molar-refractivity contribution < 1.29 is 13.9 Å².